The Morgan fingerprint density at radius 1 is 1.19 bits per heavy atom. The number of allylic oxidation sites excluding steroid dienone is 1. The Kier molecular flexibility index (Phi) is 4.86. The average molecular weight is 222 g/mol. The molecule has 2 heterocycles. The minimum atomic E-state index is 0.793. The number of unbranched alkanes of at least 4 members (excludes halogenated alkanes) is 3. The highest BCUT2D eigenvalue weighted by Gasteiger charge is 2.36. The number of hydrogen-bond acceptors (Lipinski definition) is 2. The Labute approximate surface area is 100 Å². The molecule has 2 unspecified atom stereocenters. The number of nitrogens with one attached hydrogen (secondary N) is 1. The van der Waals surface area contributed by atoms with Crippen molar-refractivity contribution < 1.29 is 0 Å². The zero-order chi connectivity index (χ0) is 11.2. The standard InChI is InChI=1S/C14H26N2/c1-2-3-4-5-6-10-15-13-9-12-16-11-7-8-14(13)16/h2,13-15H,1,3-12H2. The zero-order valence-electron chi connectivity index (χ0n) is 10.5. The van der Waals surface area contributed by atoms with Crippen molar-refractivity contribution in [3.63, 3.8) is 0 Å². The van der Waals surface area contributed by atoms with Crippen LogP contribution < -0.4 is 5.32 Å². The largest absolute Gasteiger partial charge is 0.312 e. The highest BCUT2D eigenvalue weighted by molar-refractivity contribution is 4.95. The molecule has 2 atom stereocenters. The third kappa shape index (κ3) is 3.08. The van der Waals surface area contributed by atoms with Gasteiger partial charge in [-0.15, -0.1) is 6.58 Å². The molecule has 0 aliphatic carbocycles. The zero-order valence-corrected chi connectivity index (χ0v) is 10.5. The molecule has 0 aromatic rings. The molecule has 0 aromatic heterocycles. The lowest BCUT2D eigenvalue weighted by Crippen LogP contribution is -2.39. The van der Waals surface area contributed by atoms with Gasteiger partial charge in [0.2, 0.25) is 0 Å². The van der Waals surface area contributed by atoms with E-state index >= 15 is 0 Å². The minimum absolute atomic E-state index is 0.793. The average Bonchev–Trinajstić information content (AvgIpc) is 2.87. The van der Waals surface area contributed by atoms with Gasteiger partial charge in [-0.2, -0.15) is 0 Å². The lowest BCUT2D eigenvalue weighted by atomic mass is 10.1. The van der Waals surface area contributed by atoms with Crippen LogP contribution >= 0.6 is 0 Å². The maximum atomic E-state index is 3.76. The van der Waals surface area contributed by atoms with Gasteiger partial charge in [-0.25, -0.2) is 0 Å². The van der Waals surface area contributed by atoms with E-state index in [0.29, 0.717) is 0 Å². The quantitative estimate of drug-likeness (QED) is 0.526. The predicted molar refractivity (Wildman–Crippen MR) is 69.7 cm³/mol. The van der Waals surface area contributed by atoms with Crippen LogP contribution in [0, 0.1) is 0 Å². The molecule has 0 aromatic carbocycles. The second kappa shape index (κ2) is 6.41. The summed E-state index contributed by atoms with van der Waals surface area (Å²) < 4.78 is 0. The maximum absolute atomic E-state index is 3.76. The first-order chi connectivity index (χ1) is 7.92. The first-order valence-corrected chi connectivity index (χ1v) is 7.00. The van der Waals surface area contributed by atoms with Crippen LogP contribution in [0.15, 0.2) is 12.7 Å². The summed E-state index contributed by atoms with van der Waals surface area (Å²) in [5.41, 5.74) is 0. The molecule has 0 amide bonds. The van der Waals surface area contributed by atoms with Crippen LogP contribution in [0.2, 0.25) is 0 Å². The molecule has 2 heteroatoms. The molecule has 16 heavy (non-hydrogen) atoms. The summed E-state index contributed by atoms with van der Waals surface area (Å²) >= 11 is 0. The summed E-state index contributed by atoms with van der Waals surface area (Å²) in [6.07, 6.45) is 11.4. The van der Waals surface area contributed by atoms with E-state index in [9.17, 15) is 0 Å². The van der Waals surface area contributed by atoms with Crippen molar-refractivity contribution in [3.8, 4) is 0 Å². The summed E-state index contributed by atoms with van der Waals surface area (Å²) in [5, 5.41) is 3.76. The van der Waals surface area contributed by atoms with Gasteiger partial charge >= 0.3 is 0 Å². The number of fused-ring (bicyclic) bond motifs is 1. The van der Waals surface area contributed by atoms with Crippen LogP contribution in [0.5, 0.6) is 0 Å². The molecule has 92 valence electrons. The molecule has 2 aliphatic heterocycles. The van der Waals surface area contributed by atoms with Crippen molar-refractivity contribution in [1.29, 1.82) is 0 Å². The summed E-state index contributed by atoms with van der Waals surface area (Å²) in [7, 11) is 0. The van der Waals surface area contributed by atoms with E-state index in [-0.39, 0.29) is 0 Å². The van der Waals surface area contributed by atoms with Crippen molar-refractivity contribution in [2.24, 2.45) is 0 Å². The van der Waals surface area contributed by atoms with Gasteiger partial charge in [0.15, 0.2) is 0 Å². The Morgan fingerprint density at radius 2 is 2.12 bits per heavy atom. The van der Waals surface area contributed by atoms with Crippen molar-refractivity contribution in [1.82, 2.24) is 10.2 Å². The normalized spacial score (nSPS) is 29.5. The van der Waals surface area contributed by atoms with Crippen molar-refractivity contribution in [3.05, 3.63) is 12.7 Å². The van der Waals surface area contributed by atoms with Gasteiger partial charge in [-0.05, 0) is 51.6 Å². The van der Waals surface area contributed by atoms with E-state index in [1.165, 1.54) is 64.6 Å². The molecule has 2 aliphatic rings. The first-order valence-electron chi connectivity index (χ1n) is 7.00. The molecule has 0 radical (unpaired) electrons. The number of rotatable bonds is 7. The Bertz CT molecular complexity index is 215. The van der Waals surface area contributed by atoms with Crippen LogP contribution in [0.1, 0.15) is 44.9 Å². The van der Waals surface area contributed by atoms with E-state index in [4.69, 9.17) is 0 Å². The predicted octanol–water partition coefficient (Wildman–Crippen LogP) is 2.56. The number of hydrogen-bond donors (Lipinski definition) is 1. The summed E-state index contributed by atoms with van der Waals surface area (Å²) in [6, 6.07) is 1.66. The van der Waals surface area contributed by atoms with Crippen LogP contribution in [0.4, 0.5) is 0 Å². The maximum Gasteiger partial charge on any atom is 0.0250 e. The Morgan fingerprint density at radius 3 is 3.00 bits per heavy atom. The molecule has 2 nitrogen and oxygen atoms in total. The van der Waals surface area contributed by atoms with Gasteiger partial charge in [0.05, 0.1) is 0 Å². The molecule has 2 rings (SSSR count). The fourth-order valence-electron chi connectivity index (χ4n) is 3.20. The molecular formula is C14H26N2. The van der Waals surface area contributed by atoms with E-state index in [2.05, 4.69) is 16.8 Å². The fraction of sp³-hybridized carbons (Fsp3) is 0.857. The van der Waals surface area contributed by atoms with Crippen LogP contribution in [0.3, 0.4) is 0 Å². The van der Waals surface area contributed by atoms with Gasteiger partial charge in [0.25, 0.3) is 0 Å². The fourth-order valence-corrected chi connectivity index (χ4v) is 3.20. The van der Waals surface area contributed by atoms with E-state index < -0.39 is 0 Å². The first kappa shape index (κ1) is 12.1. The Hall–Kier alpha value is -0.340. The third-order valence-corrected chi connectivity index (χ3v) is 4.10. The van der Waals surface area contributed by atoms with Crippen LogP contribution in [0.25, 0.3) is 0 Å². The van der Waals surface area contributed by atoms with Crippen LogP contribution in [-0.4, -0.2) is 36.6 Å². The van der Waals surface area contributed by atoms with Gasteiger partial charge in [-0.3, -0.25) is 4.90 Å². The molecule has 0 saturated carbocycles. The molecule has 2 saturated heterocycles. The Balaban J connectivity index is 1.54. The monoisotopic (exact) mass is 222 g/mol. The van der Waals surface area contributed by atoms with Crippen LogP contribution in [-0.2, 0) is 0 Å². The topological polar surface area (TPSA) is 15.3 Å². The third-order valence-electron chi connectivity index (χ3n) is 4.10. The second-order valence-electron chi connectivity index (χ2n) is 5.23. The summed E-state index contributed by atoms with van der Waals surface area (Å²) in [5.74, 6) is 0. The molecule has 0 spiro atoms. The summed E-state index contributed by atoms with van der Waals surface area (Å²) in [4.78, 5) is 2.68. The van der Waals surface area contributed by atoms with Gasteiger partial charge in [-0.1, -0.05) is 12.5 Å². The lowest BCUT2D eigenvalue weighted by molar-refractivity contribution is 0.298. The second-order valence-corrected chi connectivity index (χ2v) is 5.23. The smallest absolute Gasteiger partial charge is 0.0250 e. The minimum Gasteiger partial charge on any atom is -0.312 e. The van der Waals surface area contributed by atoms with Crippen molar-refractivity contribution >= 4 is 0 Å². The van der Waals surface area contributed by atoms with Crippen molar-refractivity contribution in [2.75, 3.05) is 19.6 Å². The van der Waals surface area contributed by atoms with E-state index in [1.54, 1.807) is 0 Å². The number of nitrogens with zero attached hydrogens (tertiary/aromatic N) is 1. The molecular weight excluding hydrogens is 196 g/mol. The molecule has 2 fully saturated rings. The van der Waals surface area contributed by atoms with Gasteiger partial charge < -0.3 is 5.32 Å². The molecule has 0 bridgehead atoms. The van der Waals surface area contributed by atoms with E-state index in [0.717, 1.165) is 12.1 Å². The SMILES string of the molecule is C=CCCCCCNC1CCN2CCCC12. The van der Waals surface area contributed by atoms with E-state index in [1.807, 2.05) is 6.08 Å². The highest BCUT2D eigenvalue weighted by Crippen LogP contribution is 2.27. The van der Waals surface area contributed by atoms with Crippen molar-refractivity contribution in [2.45, 2.75) is 57.0 Å². The summed E-state index contributed by atoms with van der Waals surface area (Å²) in [6.45, 7) is 7.65. The van der Waals surface area contributed by atoms with Gasteiger partial charge in [0, 0.05) is 18.6 Å². The highest BCUT2D eigenvalue weighted by atomic mass is 15.2. The lowest BCUT2D eigenvalue weighted by Gasteiger charge is -2.21. The molecule has 1 N–H and O–H groups in total. The van der Waals surface area contributed by atoms with Gasteiger partial charge in [0.1, 0.15) is 0 Å².